The van der Waals surface area contributed by atoms with Crippen molar-refractivity contribution >= 4 is 23.5 Å². The maximum absolute atomic E-state index is 13.1. The molecule has 0 aromatic heterocycles. The number of ketones is 1. The molecule has 9 heteroatoms. The van der Waals surface area contributed by atoms with Crippen LogP contribution in [0.4, 0.5) is 0 Å². The van der Waals surface area contributed by atoms with Crippen LogP contribution in [0.2, 0.25) is 0 Å². The Morgan fingerprint density at radius 2 is 2.10 bits per heavy atom. The normalized spacial score (nSPS) is 24.3. The van der Waals surface area contributed by atoms with Gasteiger partial charge in [-0.15, -0.1) is 0 Å². The Labute approximate surface area is 236 Å². The van der Waals surface area contributed by atoms with Gasteiger partial charge in [0.2, 0.25) is 0 Å². The van der Waals surface area contributed by atoms with Crippen LogP contribution in [-0.2, 0) is 41.6 Å². The number of aliphatic hydroxyl groups excluding tert-OH is 2. The zero-order valence-electron chi connectivity index (χ0n) is 23.0. The van der Waals surface area contributed by atoms with Crippen molar-refractivity contribution in [2.24, 2.45) is 11.8 Å². The van der Waals surface area contributed by atoms with Gasteiger partial charge in [0.15, 0.2) is 6.29 Å². The summed E-state index contributed by atoms with van der Waals surface area (Å²) < 4.78 is 22.2. The molecule has 0 bridgehead atoms. The molecular formula is C30H44O8S. The van der Waals surface area contributed by atoms with E-state index in [0.717, 1.165) is 41.9 Å². The van der Waals surface area contributed by atoms with Crippen LogP contribution < -0.4 is 0 Å². The number of aliphatic hydroxyl groups is 2. The number of benzene rings is 1. The molecule has 1 aliphatic heterocycles. The highest BCUT2D eigenvalue weighted by Crippen LogP contribution is 2.37. The molecule has 218 valence electrons. The second-order valence-electron chi connectivity index (χ2n) is 10.2. The van der Waals surface area contributed by atoms with Gasteiger partial charge in [-0.2, -0.15) is 11.8 Å². The van der Waals surface area contributed by atoms with Crippen molar-refractivity contribution in [3.05, 3.63) is 47.5 Å². The summed E-state index contributed by atoms with van der Waals surface area (Å²) in [7, 11) is 1.66. The summed E-state index contributed by atoms with van der Waals surface area (Å²) in [6.07, 6.45) is 8.07. The highest BCUT2D eigenvalue weighted by atomic mass is 32.2. The van der Waals surface area contributed by atoms with Gasteiger partial charge in [-0.1, -0.05) is 36.4 Å². The Morgan fingerprint density at radius 3 is 2.87 bits per heavy atom. The van der Waals surface area contributed by atoms with Crippen molar-refractivity contribution in [2.75, 3.05) is 38.4 Å². The number of carbonyl (C=O) groups excluding carboxylic acids is 2. The largest absolute Gasteiger partial charge is 0.463 e. The highest BCUT2D eigenvalue weighted by molar-refractivity contribution is 7.99. The van der Waals surface area contributed by atoms with Crippen LogP contribution in [0.15, 0.2) is 36.4 Å². The molecule has 1 unspecified atom stereocenters. The lowest BCUT2D eigenvalue weighted by atomic mass is 9.90. The minimum absolute atomic E-state index is 0.0364. The third-order valence-corrected chi connectivity index (χ3v) is 8.18. The number of carbonyl (C=O) groups is 2. The van der Waals surface area contributed by atoms with E-state index in [1.54, 1.807) is 18.9 Å². The van der Waals surface area contributed by atoms with Crippen molar-refractivity contribution in [2.45, 2.75) is 76.5 Å². The van der Waals surface area contributed by atoms with Crippen LogP contribution in [-0.4, -0.2) is 78.9 Å². The van der Waals surface area contributed by atoms with Crippen LogP contribution in [0.25, 0.3) is 0 Å². The third kappa shape index (κ3) is 11.3. The lowest BCUT2D eigenvalue weighted by molar-refractivity contribution is -0.192. The Balaban J connectivity index is 1.56. The highest BCUT2D eigenvalue weighted by Gasteiger charge is 2.42. The number of esters is 1. The average molecular weight is 565 g/mol. The monoisotopic (exact) mass is 564 g/mol. The first kappa shape index (κ1) is 31.8. The molecule has 0 amide bonds. The van der Waals surface area contributed by atoms with Gasteiger partial charge in [0.25, 0.3) is 0 Å². The zero-order chi connectivity index (χ0) is 27.9. The van der Waals surface area contributed by atoms with Gasteiger partial charge in [-0.05, 0) is 54.7 Å². The Morgan fingerprint density at radius 1 is 1.26 bits per heavy atom. The molecule has 5 atom stereocenters. The van der Waals surface area contributed by atoms with E-state index in [4.69, 9.17) is 24.1 Å². The SMILES string of the molecule is COCc1cccc(C[C@H](O)/C=C/[C@H]2[C@H](OC3CCCCO3)CC(=O)[C@@H]2CCSCCCC(=O)OCCO)c1. The minimum Gasteiger partial charge on any atom is -0.463 e. The zero-order valence-corrected chi connectivity index (χ0v) is 23.8. The Bertz CT molecular complexity index is 901. The van der Waals surface area contributed by atoms with Crippen LogP contribution >= 0.6 is 11.8 Å². The second kappa shape index (κ2) is 17.8. The van der Waals surface area contributed by atoms with Crippen molar-refractivity contribution in [3.63, 3.8) is 0 Å². The number of hydrogen-bond donors (Lipinski definition) is 2. The summed E-state index contributed by atoms with van der Waals surface area (Å²) in [4.78, 5) is 24.6. The molecule has 2 aliphatic rings. The molecule has 0 radical (unpaired) electrons. The molecular weight excluding hydrogens is 520 g/mol. The molecule has 2 N–H and O–H groups in total. The van der Waals surface area contributed by atoms with E-state index >= 15 is 0 Å². The maximum Gasteiger partial charge on any atom is 0.305 e. The predicted octanol–water partition coefficient (Wildman–Crippen LogP) is 3.85. The number of rotatable bonds is 17. The van der Waals surface area contributed by atoms with Gasteiger partial charge in [-0.25, -0.2) is 0 Å². The molecule has 1 saturated heterocycles. The quantitative estimate of drug-likeness (QED) is 0.166. The topological polar surface area (TPSA) is 112 Å². The van der Waals surface area contributed by atoms with E-state index in [1.165, 1.54) is 0 Å². The van der Waals surface area contributed by atoms with E-state index in [0.29, 0.717) is 45.3 Å². The van der Waals surface area contributed by atoms with Crippen LogP contribution in [0.5, 0.6) is 0 Å². The van der Waals surface area contributed by atoms with Crippen molar-refractivity contribution < 1.29 is 38.7 Å². The molecule has 39 heavy (non-hydrogen) atoms. The average Bonchev–Trinajstić information content (AvgIpc) is 3.22. The minimum atomic E-state index is -0.675. The Hall–Kier alpha value is -1.75. The fourth-order valence-corrected chi connectivity index (χ4v) is 6.14. The van der Waals surface area contributed by atoms with Gasteiger partial charge >= 0.3 is 5.97 Å². The van der Waals surface area contributed by atoms with Gasteiger partial charge in [0.1, 0.15) is 12.4 Å². The fourth-order valence-electron chi connectivity index (χ4n) is 5.17. The van der Waals surface area contributed by atoms with Gasteiger partial charge in [0.05, 0.1) is 25.4 Å². The first-order valence-corrected chi connectivity index (χ1v) is 15.2. The number of Topliss-reactive ketones (excluding diaryl/α,β-unsaturated/α-hetero) is 1. The summed E-state index contributed by atoms with van der Waals surface area (Å²) in [6, 6.07) is 8.00. The molecule has 1 aromatic carbocycles. The molecule has 2 fully saturated rings. The molecule has 0 spiro atoms. The van der Waals surface area contributed by atoms with Crippen LogP contribution in [0.1, 0.15) is 56.1 Å². The second-order valence-corrected chi connectivity index (χ2v) is 11.4. The first-order valence-electron chi connectivity index (χ1n) is 14.1. The summed E-state index contributed by atoms with van der Waals surface area (Å²) in [5.74, 6) is 1.20. The number of thioether (sulfide) groups is 1. The third-order valence-electron chi connectivity index (χ3n) is 7.07. The van der Waals surface area contributed by atoms with Crippen molar-refractivity contribution in [1.82, 2.24) is 0 Å². The smallest absolute Gasteiger partial charge is 0.305 e. The summed E-state index contributed by atoms with van der Waals surface area (Å²) in [6.45, 7) is 1.08. The molecule has 1 aliphatic carbocycles. The summed E-state index contributed by atoms with van der Waals surface area (Å²) in [5.41, 5.74) is 2.09. The van der Waals surface area contributed by atoms with Gasteiger partial charge < -0.3 is 29.2 Å². The lowest BCUT2D eigenvalue weighted by Gasteiger charge is -2.29. The summed E-state index contributed by atoms with van der Waals surface area (Å²) in [5, 5.41) is 19.5. The van der Waals surface area contributed by atoms with Crippen molar-refractivity contribution in [3.8, 4) is 0 Å². The maximum atomic E-state index is 13.1. The first-order chi connectivity index (χ1) is 19.0. The van der Waals surface area contributed by atoms with E-state index < -0.39 is 6.10 Å². The molecule has 1 aromatic rings. The number of ether oxygens (including phenoxy) is 4. The fraction of sp³-hybridized carbons (Fsp3) is 0.667. The van der Waals surface area contributed by atoms with E-state index in [-0.39, 0.29) is 49.2 Å². The molecule has 1 heterocycles. The number of hydrogen-bond acceptors (Lipinski definition) is 9. The standard InChI is InChI=1S/C30H44O8S/c1-35-21-23-7-4-6-22(18-23)19-24(32)10-11-26-25(12-17-39-16-5-8-29(34)36-15-13-31)27(33)20-28(26)38-30-9-2-3-14-37-30/h4,6-7,10-11,18,24-26,28,30-32H,2-3,5,8-9,12-17,19-21H2,1H3/b11-10+/t24-,25-,26-,28-,30?/m1/s1. The predicted molar refractivity (Wildman–Crippen MR) is 150 cm³/mol. The van der Waals surface area contributed by atoms with Gasteiger partial charge in [0, 0.05) is 44.8 Å². The van der Waals surface area contributed by atoms with E-state index in [2.05, 4.69) is 0 Å². The van der Waals surface area contributed by atoms with E-state index in [1.807, 2.05) is 36.4 Å². The number of methoxy groups -OCH3 is 1. The lowest BCUT2D eigenvalue weighted by Crippen LogP contribution is -2.31. The van der Waals surface area contributed by atoms with Gasteiger partial charge in [-0.3, -0.25) is 9.59 Å². The van der Waals surface area contributed by atoms with Crippen LogP contribution in [0.3, 0.4) is 0 Å². The molecule has 8 nitrogen and oxygen atoms in total. The van der Waals surface area contributed by atoms with E-state index in [9.17, 15) is 14.7 Å². The molecule has 3 rings (SSSR count). The van der Waals surface area contributed by atoms with Crippen molar-refractivity contribution in [1.29, 1.82) is 0 Å². The summed E-state index contributed by atoms with van der Waals surface area (Å²) >= 11 is 1.72. The Kier molecular flexibility index (Phi) is 14.5. The van der Waals surface area contributed by atoms with Crippen LogP contribution in [0, 0.1) is 11.8 Å². The molecule has 1 saturated carbocycles.